The predicted molar refractivity (Wildman–Crippen MR) is 75.7 cm³/mol. The lowest BCUT2D eigenvalue weighted by Crippen LogP contribution is -2.41. The molecule has 19 heavy (non-hydrogen) atoms. The normalized spacial score (nSPS) is 18.3. The quantitative estimate of drug-likeness (QED) is 0.865. The average molecular weight is 283 g/mol. The van der Waals surface area contributed by atoms with E-state index in [1.807, 2.05) is 12.1 Å². The zero-order valence-electron chi connectivity index (χ0n) is 11.0. The Morgan fingerprint density at radius 2 is 2.42 bits per heavy atom. The van der Waals surface area contributed by atoms with Crippen LogP contribution in [0, 0.1) is 0 Å². The van der Waals surface area contributed by atoms with Gasteiger partial charge < -0.3 is 15.4 Å². The molecule has 0 aromatic heterocycles. The van der Waals surface area contributed by atoms with Crippen molar-refractivity contribution in [2.45, 2.75) is 25.3 Å². The van der Waals surface area contributed by atoms with Crippen LogP contribution >= 0.6 is 11.6 Å². The van der Waals surface area contributed by atoms with E-state index in [-0.39, 0.29) is 11.9 Å². The molecule has 0 saturated carbocycles. The predicted octanol–water partition coefficient (Wildman–Crippen LogP) is 1.76. The molecule has 1 saturated heterocycles. The largest absolute Gasteiger partial charge is 0.497 e. The Bertz CT molecular complexity index is 445. The van der Waals surface area contributed by atoms with Crippen LogP contribution in [0.2, 0.25) is 5.02 Å². The third-order valence-corrected chi connectivity index (χ3v) is 3.68. The third kappa shape index (κ3) is 3.85. The summed E-state index contributed by atoms with van der Waals surface area (Å²) >= 11 is 6.15. The highest BCUT2D eigenvalue weighted by Gasteiger charge is 2.21. The monoisotopic (exact) mass is 282 g/mol. The highest BCUT2D eigenvalue weighted by Crippen LogP contribution is 2.22. The lowest BCUT2D eigenvalue weighted by atomic mass is 10.1. The van der Waals surface area contributed by atoms with Crippen LogP contribution in [0.5, 0.6) is 5.75 Å². The van der Waals surface area contributed by atoms with Crippen LogP contribution in [0.25, 0.3) is 0 Å². The molecular formula is C14H19ClN2O2. The van der Waals surface area contributed by atoms with Crippen molar-refractivity contribution >= 4 is 17.5 Å². The van der Waals surface area contributed by atoms with Crippen LogP contribution in [0.15, 0.2) is 18.2 Å². The van der Waals surface area contributed by atoms with Crippen LogP contribution in [-0.2, 0) is 11.2 Å². The van der Waals surface area contributed by atoms with E-state index in [4.69, 9.17) is 16.3 Å². The van der Waals surface area contributed by atoms with E-state index in [1.165, 1.54) is 0 Å². The van der Waals surface area contributed by atoms with E-state index >= 15 is 0 Å². The zero-order chi connectivity index (χ0) is 13.7. The Kier molecular flexibility index (Phi) is 5.05. The SMILES string of the molecule is COc1ccc(CCNC(=O)C2CCCN2)c(Cl)c1. The highest BCUT2D eigenvalue weighted by atomic mass is 35.5. The van der Waals surface area contributed by atoms with Gasteiger partial charge in [-0.1, -0.05) is 17.7 Å². The lowest BCUT2D eigenvalue weighted by molar-refractivity contribution is -0.122. The number of halogens is 1. The zero-order valence-corrected chi connectivity index (χ0v) is 11.8. The molecule has 1 aliphatic rings. The fraction of sp³-hybridized carbons (Fsp3) is 0.500. The highest BCUT2D eigenvalue weighted by molar-refractivity contribution is 6.31. The van der Waals surface area contributed by atoms with Gasteiger partial charge in [0.25, 0.3) is 0 Å². The molecular weight excluding hydrogens is 264 g/mol. The number of hydrogen-bond acceptors (Lipinski definition) is 3. The van der Waals surface area contributed by atoms with Gasteiger partial charge in [0.15, 0.2) is 0 Å². The average Bonchev–Trinajstić information content (AvgIpc) is 2.94. The number of amides is 1. The second-order valence-corrected chi connectivity index (χ2v) is 5.05. The second-order valence-electron chi connectivity index (χ2n) is 4.65. The van der Waals surface area contributed by atoms with E-state index in [2.05, 4.69) is 10.6 Å². The first-order valence-electron chi connectivity index (χ1n) is 6.54. The van der Waals surface area contributed by atoms with Crippen LogP contribution in [0.4, 0.5) is 0 Å². The van der Waals surface area contributed by atoms with Gasteiger partial charge >= 0.3 is 0 Å². The third-order valence-electron chi connectivity index (χ3n) is 3.33. The molecule has 4 nitrogen and oxygen atoms in total. The molecule has 2 rings (SSSR count). The minimum atomic E-state index is -0.0219. The van der Waals surface area contributed by atoms with Crippen molar-refractivity contribution in [2.24, 2.45) is 0 Å². The Morgan fingerprint density at radius 1 is 1.58 bits per heavy atom. The Morgan fingerprint density at radius 3 is 3.05 bits per heavy atom. The van der Waals surface area contributed by atoms with E-state index in [0.717, 1.165) is 37.1 Å². The molecule has 104 valence electrons. The smallest absolute Gasteiger partial charge is 0.237 e. The summed E-state index contributed by atoms with van der Waals surface area (Å²) in [6, 6.07) is 5.58. The van der Waals surface area contributed by atoms with Gasteiger partial charge in [-0.2, -0.15) is 0 Å². The lowest BCUT2D eigenvalue weighted by Gasteiger charge is -2.11. The molecule has 1 amide bonds. The maximum atomic E-state index is 11.8. The molecule has 0 aliphatic carbocycles. The number of hydrogen-bond donors (Lipinski definition) is 2. The molecule has 0 spiro atoms. The Balaban J connectivity index is 1.80. The van der Waals surface area contributed by atoms with Crippen LogP contribution in [-0.4, -0.2) is 32.1 Å². The Labute approximate surface area is 118 Å². The fourth-order valence-corrected chi connectivity index (χ4v) is 2.47. The van der Waals surface area contributed by atoms with Crippen molar-refractivity contribution in [3.05, 3.63) is 28.8 Å². The van der Waals surface area contributed by atoms with E-state index in [1.54, 1.807) is 13.2 Å². The summed E-state index contributed by atoms with van der Waals surface area (Å²) in [7, 11) is 1.61. The van der Waals surface area contributed by atoms with Gasteiger partial charge in [0, 0.05) is 11.6 Å². The molecule has 1 aliphatic heterocycles. The van der Waals surface area contributed by atoms with Crippen LogP contribution < -0.4 is 15.4 Å². The molecule has 0 radical (unpaired) electrons. The minimum absolute atomic E-state index is 0.0219. The number of benzene rings is 1. The van der Waals surface area contributed by atoms with Gasteiger partial charge in [-0.3, -0.25) is 4.79 Å². The standard InChI is InChI=1S/C14H19ClN2O2/c1-19-11-5-4-10(12(15)9-11)6-8-17-14(18)13-3-2-7-16-13/h4-5,9,13,16H,2-3,6-8H2,1H3,(H,17,18). The van der Waals surface area contributed by atoms with Gasteiger partial charge in [-0.25, -0.2) is 0 Å². The van der Waals surface area contributed by atoms with Gasteiger partial charge in [-0.05, 0) is 43.5 Å². The van der Waals surface area contributed by atoms with Crippen molar-refractivity contribution in [1.29, 1.82) is 0 Å². The summed E-state index contributed by atoms with van der Waals surface area (Å²) in [4.78, 5) is 11.8. The van der Waals surface area contributed by atoms with Crippen LogP contribution in [0.1, 0.15) is 18.4 Å². The molecule has 2 N–H and O–H groups in total. The van der Waals surface area contributed by atoms with Crippen molar-refractivity contribution < 1.29 is 9.53 Å². The first-order chi connectivity index (χ1) is 9.20. The number of methoxy groups -OCH3 is 1. The molecule has 1 unspecified atom stereocenters. The van der Waals surface area contributed by atoms with Crippen molar-refractivity contribution in [2.75, 3.05) is 20.2 Å². The van der Waals surface area contributed by atoms with E-state index in [0.29, 0.717) is 11.6 Å². The van der Waals surface area contributed by atoms with Gasteiger partial charge in [-0.15, -0.1) is 0 Å². The Hall–Kier alpha value is -1.26. The maximum absolute atomic E-state index is 11.8. The molecule has 0 bridgehead atoms. The topological polar surface area (TPSA) is 50.4 Å². The minimum Gasteiger partial charge on any atom is -0.497 e. The van der Waals surface area contributed by atoms with Crippen molar-refractivity contribution in [3.63, 3.8) is 0 Å². The summed E-state index contributed by atoms with van der Waals surface area (Å²) in [6.45, 7) is 1.53. The summed E-state index contributed by atoms with van der Waals surface area (Å²) in [5.74, 6) is 0.829. The molecule has 1 aromatic carbocycles. The van der Waals surface area contributed by atoms with E-state index in [9.17, 15) is 4.79 Å². The van der Waals surface area contributed by atoms with Crippen LogP contribution in [0.3, 0.4) is 0 Å². The molecule has 1 atom stereocenters. The first-order valence-corrected chi connectivity index (χ1v) is 6.92. The summed E-state index contributed by atoms with van der Waals surface area (Å²) in [5, 5.41) is 6.79. The van der Waals surface area contributed by atoms with Gasteiger partial charge in [0.05, 0.1) is 13.2 Å². The molecule has 1 aromatic rings. The molecule has 1 heterocycles. The van der Waals surface area contributed by atoms with Gasteiger partial charge in [0.1, 0.15) is 5.75 Å². The van der Waals surface area contributed by atoms with Crippen molar-refractivity contribution in [1.82, 2.24) is 10.6 Å². The second kappa shape index (κ2) is 6.78. The maximum Gasteiger partial charge on any atom is 0.237 e. The molecule has 1 fully saturated rings. The number of nitrogens with one attached hydrogen (secondary N) is 2. The molecule has 5 heteroatoms. The number of carbonyl (C=O) groups is 1. The number of carbonyl (C=O) groups excluding carboxylic acids is 1. The first kappa shape index (κ1) is 14.2. The summed E-state index contributed by atoms with van der Waals surface area (Å²) < 4.78 is 5.10. The van der Waals surface area contributed by atoms with Gasteiger partial charge in [0.2, 0.25) is 5.91 Å². The summed E-state index contributed by atoms with van der Waals surface area (Å²) in [5.41, 5.74) is 1.02. The van der Waals surface area contributed by atoms with E-state index < -0.39 is 0 Å². The fourth-order valence-electron chi connectivity index (χ4n) is 2.21. The van der Waals surface area contributed by atoms with Crippen molar-refractivity contribution in [3.8, 4) is 5.75 Å². The summed E-state index contributed by atoms with van der Waals surface area (Å²) in [6.07, 6.45) is 2.72. The number of ether oxygens (including phenoxy) is 1. The number of rotatable bonds is 5.